The predicted octanol–water partition coefficient (Wildman–Crippen LogP) is 2.72. The van der Waals surface area contributed by atoms with Gasteiger partial charge >= 0.3 is 0 Å². The molecule has 0 aromatic heterocycles. The van der Waals surface area contributed by atoms with E-state index in [0.29, 0.717) is 17.9 Å². The summed E-state index contributed by atoms with van der Waals surface area (Å²) < 4.78 is 26.6. The highest BCUT2D eigenvalue weighted by Gasteiger charge is 2.12. The quantitative estimate of drug-likeness (QED) is 0.587. The highest BCUT2D eigenvalue weighted by Crippen LogP contribution is 2.11. The number of aryl methyl sites for hydroxylation is 1. The Morgan fingerprint density at radius 2 is 1.89 bits per heavy atom. The summed E-state index contributed by atoms with van der Waals surface area (Å²) >= 11 is 0. The van der Waals surface area contributed by atoms with Crippen molar-refractivity contribution in [3.8, 4) is 12.3 Å². The predicted molar refractivity (Wildman–Crippen MR) is 78.3 cm³/mol. The van der Waals surface area contributed by atoms with E-state index < -0.39 is 10.0 Å². The topological polar surface area (TPSA) is 46.2 Å². The minimum absolute atomic E-state index is 0.323. The molecule has 0 saturated carbocycles. The van der Waals surface area contributed by atoms with Crippen molar-refractivity contribution in [1.29, 1.82) is 0 Å². The van der Waals surface area contributed by atoms with Gasteiger partial charge in [0.05, 0.1) is 4.90 Å². The molecule has 1 N–H and O–H groups in total. The van der Waals surface area contributed by atoms with Crippen LogP contribution in [0.25, 0.3) is 0 Å². The van der Waals surface area contributed by atoms with Crippen LogP contribution in [0.2, 0.25) is 0 Å². The van der Waals surface area contributed by atoms with Gasteiger partial charge in [-0.2, -0.15) is 0 Å². The number of rotatable bonds is 8. The van der Waals surface area contributed by atoms with Gasteiger partial charge in [-0.05, 0) is 37.0 Å². The van der Waals surface area contributed by atoms with E-state index in [-0.39, 0.29) is 0 Å². The van der Waals surface area contributed by atoms with Crippen molar-refractivity contribution in [3.63, 3.8) is 0 Å². The molecular weight excluding hydrogens is 258 g/mol. The standard InChI is InChI=1S/C15H21NO2S/c1-3-5-6-7-13-16-19(17,18)15-11-9-14(8-4-2)10-12-15/h1,9-12,16H,4-8,13H2,2H3. The lowest BCUT2D eigenvalue weighted by molar-refractivity contribution is 0.577. The second kappa shape index (κ2) is 7.98. The molecule has 0 unspecified atom stereocenters. The van der Waals surface area contributed by atoms with Gasteiger partial charge in [0.25, 0.3) is 0 Å². The molecule has 0 amide bonds. The Hall–Kier alpha value is -1.31. The molecule has 0 aliphatic carbocycles. The molecule has 1 rings (SSSR count). The number of benzene rings is 1. The first-order valence-corrected chi connectivity index (χ1v) is 8.10. The normalized spacial score (nSPS) is 11.2. The van der Waals surface area contributed by atoms with E-state index in [1.807, 2.05) is 12.1 Å². The van der Waals surface area contributed by atoms with Crippen molar-refractivity contribution in [3.05, 3.63) is 29.8 Å². The number of nitrogens with one attached hydrogen (secondary N) is 1. The molecule has 19 heavy (non-hydrogen) atoms. The van der Waals surface area contributed by atoms with Crippen LogP contribution in [0.5, 0.6) is 0 Å². The maximum atomic E-state index is 12.0. The smallest absolute Gasteiger partial charge is 0.211 e. The lowest BCUT2D eigenvalue weighted by atomic mass is 10.1. The molecule has 3 nitrogen and oxygen atoms in total. The molecule has 104 valence electrons. The van der Waals surface area contributed by atoms with Gasteiger partial charge in [-0.3, -0.25) is 0 Å². The van der Waals surface area contributed by atoms with Crippen LogP contribution in [0.1, 0.15) is 38.2 Å². The van der Waals surface area contributed by atoms with E-state index in [2.05, 4.69) is 17.6 Å². The summed E-state index contributed by atoms with van der Waals surface area (Å²) in [6, 6.07) is 7.07. The third-order valence-electron chi connectivity index (χ3n) is 2.81. The van der Waals surface area contributed by atoms with Crippen molar-refractivity contribution in [2.24, 2.45) is 0 Å². The Labute approximate surface area is 116 Å². The Morgan fingerprint density at radius 3 is 2.47 bits per heavy atom. The fourth-order valence-electron chi connectivity index (χ4n) is 1.77. The average molecular weight is 279 g/mol. The van der Waals surface area contributed by atoms with Crippen LogP contribution in [0.4, 0.5) is 0 Å². The molecular formula is C15H21NO2S. The summed E-state index contributed by atoms with van der Waals surface area (Å²) in [5.74, 6) is 2.54. The van der Waals surface area contributed by atoms with E-state index in [9.17, 15) is 8.42 Å². The first kappa shape index (κ1) is 15.7. The van der Waals surface area contributed by atoms with E-state index in [1.54, 1.807) is 12.1 Å². The van der Waals surface area contributed by atoms with E-state index in [1.165, 1.54) is 0 Å². The minimum atomic E-state index is -3.38. The van der Waals surface area contributed by atoms with Crippen molar-refractivity contribution in [1.82, 2.24) is 4.72 Å². The van der Waals surface area contributed by atoms with Crippen LogP contribution in [0, 0.1) is 12.3 Å². The van der Waals surface area contributed by atoms with Gasteiger partial charge in [-0.1, -0.05) is 25.5 Å². The van der Waals surface area contributed by atoms with Crippen molar-refractivity contribution in [2.75, 3.05) is 6.54 Å². The third kappa shape index (κ3) is 5.46. The van der Waals surface area contributed by atoms with Gasteiger partial charge in [0.1, 0.15) is 0 Å². The van der Waals surface area contributed by atoms with Gasteiger partial charge < -0.3 is 0 Å². The number of sulfonamides is 1. The van der Waals surface area contributed by atoms with Gasteiger partial charge in [-0.15, -0.1) is 12.3 Å². The molecule has 1 aromatic rings. The van der Waals surface area contributed by atoms with E-state index in [4.69, 9.17) is 6.42 Å². The Kier molecular flexibility index (Phi) is 6.61. The Morgan fingerprint density at radius 1 is 1.21 bits per heavy atom. The van der Waals surface area contributed by atoms with Gasteiger partial charge in [-0.25, -0.2) is 13.1 Å². The molecule has 0 radical (unpaired) electrons. The zero-order chi connectivity index (χ0) is 14.1. The molecule has 0 fully saturated rings. The van der Waals surface area contributed by atoms with Crippen molar-refractivity contribution in [2.45, 2.75) is 43.9 Å². The van der Waals surface area contributed by atoms with Crippen LogP contribution >= 0.6 is 0 Å². The maximum absolute atomic E-state index is 12.0. The zero-order valence-electron chi connectivity index (χ0n) is 11.4. The van der Waals surface area contributed by atoms with Crippen LogP contribution < -0.4 is 4.72 Å². The summed E-state index contributed by atoms with van der Waals surface area (Å²) in [5.41, 5.74) is 1.16. The van der Waals surface area contributed by atoms with Crippen LogP contribution in [0.15, 0.2) is 29.2 Å². The van der Waals surface area contributed by atoms with Crippen LogP contribution in [-0.2, 0) is 16.4 Å². The second-order valence-corrected chi connectivity index (χ2v) is 6.22. The summed E-state index contributed by atoms with van der Waals surface area (Å²) in [4.78, 5) is 0.323. The molecule has 0 saturated heterocycles. The largest absolute Gasteiger partial charge is 0.240 e. The molecule has 1 aromatic carbocycles. The summed E-state index contributed by atoms with van der Waals surface area (Å²) in [6.07, 6.45) is 9.46. The van der Waals surface area contributed by atoms with E-state index in [0.717, 1.165) is 31.2 Å². The monoisotopic (exact) mass is 279 g/mol. The lowest BCUT2D eigenvalue weighted by Crippen LogP contribution is -2.24. The third-order valence-corrected chi connectivity index (χ3v) is 4.29. The molecule has 0 heterocycles. The number of hydrogen-bond acceptors (Lipinski definition) is 2. The first-order valence-electron chi connectivity index (χ1n) is 6.62. The van der Waals surface area contributed by atoms with Crippen LogP contribution in [-0.4, -0.2) is 15.0 Å². The minimum Gasteiger partial charge on any atom is -0.211 e. The van der Waals surface area contributed by atoms with Crippen molar-refractivity contribution >= 4 is 10.0 Å². The van der Waals surface area contributed by atoms with Crippen molar-refractivity contribution < 1.29 is 8.42 Å². The second-order valence-electron chi connectivity index (χ2n) is 4.45. The summed E-state index contributed by atoms with van der Waals surface area (Å²) in [5, 5.41) is 0. The highest BCUT2D eigenvalue weighted by atomic mass is 32.2. The molecule has 0 aliphatic rings. The fraction of sp³-hybridized carbons (Fsp3) is 0.467. The number of hydrogen-bond donors (Lipinski definition) is 1. The van der Waals surface area contributed by atoms with E-state index >= 15 is 0 Å². The van der Waals surface area contributed by atoms with Gasteiger partial charge in [0, 0.05) is 13.0 Å². The lowest BCUT2D eigenvalue weighted by Gasteiger charge is -2.07. The summed E-state index contributed by atoms with van der Waals surface area (Å²) in [7, 11) is -3.38. The first-order chi connectivity index (χ1) is 9.10. The maximum Gasteiger partial charge on any atom is 0.240 e. The number of terminal acetylenes is 1. The fourth-order valence-corrected chi connectivity index (χ4v) is 2.84. The molecule has 4 heteroatoms. The molecule has 0 spiro atoms. The number of unbranched alkanes of at least 4 members (excludes halogenated alkanes) is 2. The zero-order valence-corrected chi connectivity index (χ0v) is 12.2. The summed E-state index contributed by atoms with van der Waals surface area (Å²) in [6.45, 7) is 2.53. The van der Waals surface area contributed by atoms with Gasteiger partial charge in [0.15, 0.2) is 0 Å². The van der Waals surface area contributed by atoms with Crippen LogP contribution in [0.3, 0.4) is 0 Å². The Balaban J connectivity index is 2.54. The van der Waals surface area contributed by atoms with Gasteiger partial charge in [0.2, 0.25) is 10.0 Å². The average Bonchev–Trinajstić information content (AvgIpc) is 2.39. The SMILES string of the molecule is C#CCCCCNS(=O)(=O)c1ccc(CCC)cc1. The molecule has 0 bridgehead atoms. The molecule has 0 aliphatic heterocycles. The molecule has 0 atom stereocenters. The highest BCUT2D eigenvalue weighted by molar-refractivity contribution is 7.89. The Bertz CT molecular complexity index is 512.